The maximum absolute atomic E-state index is 3.53. The van der Waals surface area contributed by atoms with E-state index < -0.39 is 0 Å². The Morgan fingerprint density at radius 3 is 2.53 bits per heavy atom. The molecular weight excluding hydrogens is 232 g/mol. The van der Waals surface area contributed by atoms with Crippen LogP contribution in [-0.2, 0) is 6.54 Å². The van der Waals surface area contributed by atoms with E-state index in [1.54, 1.807) is 0 Å². The fraction of sp³-hybridized carbons (Fsp3) is 0.647. The van der Waals surface area contributed by atoms with Gasteiger partial charge in [0.25, 0.3) is 0 Å². The van der Waals surface area contributed by atoms with Gasteiger partial charge >= 0.3 is 0 Å². The smallest absolute Gasteiger partial charge is 0.0239 e. The van der Waals surface area contributed by atoms with Crippen LogP contribution in [0.4, 0.5) is 0 Å². The van der Waals surface area contributed by atoms with E-state index in [1.165, 1.54) is 63.7 Å². The highest BCUT2D eigenvalue weighted by Gasteiger charge is 2.38. The van der Waals surface area contributed by atoms with Crippen LogP contribution in [0.15, 0.2) is 30.3 Å². The molecule has 2 aliphatic rings. The number of nitrogens with one attached hydrogen (secondary N) is 1. The normalized spacial score (nSPS) is 24.2. The Kier molecular flexibility index (Phi) is 4.19. The van der Waals surface area contributed by atoms with Crippen molar-refractivity contribution in [1.29, 1.82) is 0 Å². The van der Waals surface area contributed by atoms with Crippen molar-refractivity contribution in [3.05, 3.63) is 35.9 Å². The van der Waals surface area contributed by atoms with Crippen molar-refractivity contribution < 1.29 is 0 Å². The third-order valence-corrected chi connectivity index (χ3v) is 4.99. The van der Waals surface area contributed by atoms with Crippen LogP contribution in [0.3, 0.4) is 0 Å². The second-order valence-corrected chi connectivity index (χ2v) is 6.19. The Morgan fingerprint density at radius 1 is 0.947 bits per heavy atom. The number of nitrogens with zero attached hydrogens (tertiary/aromatic N) is 1. The minimum absolute atomic E-state index is 0.484. The lowest BCUT2D eigenvalue weighted by molar-refractivity contribution is 0.0497. The van der Waals surface area contributed by atoms with Crippen LogP contribution in [-0.4, -0.2) is 30.1 Å². The Hall–Kier alpha value is -0.860. The maximum atomic E-state index is 3.53. The number of rotatable bonds is 2. The molecule has 104 valence electrons. The van der Waals surface area contributed by atoms with Gasteiger partial charge in [0.05, 0.1) is 0 Å². The molecule has 1 aromatic rings. The van der Waals surface area contributed by atoms with Gasteiger partial charge in [-0.3, -0.25) is 4.90 Å². The number of likely N-dealkylation sites (tertiary alicyclic amines) is 1. The van der Waals surface area contributed by atoms with E-state index in [2.05, 4.69) is 40.5 Å². The molecule has 0 aliphatic carbocycles. The van der Waals surface area contributed by atoms with E-state index in [9.17, 15) is 0 Å². The summed E-state index contributed by atoms with van der Waals surface area (Å²) in [6.45, 7) is 4.83. The topological polar surface area (TPSA) is 15.3 Å². The van der Waals surface area contributed by atoms with Gasteiger partial charge in [0, 0.05) is 12.1 Å². The van der Waals surface area contributed by atoms with Crippen molar-refractivity contribution in [3.63, 3.8) is 0 Å². The standard InChI is InChI=1S/C17H26N2/c1-3-7-16(8-4-1)15-19-14-6-2-5-9-17(19)10-12-18-13-11-17/h1,3-4,7-8,18H,2,5-6,9-15H2. The summed E-state index contributed by atoms with van der Waals surface area (Å²) in [6, 6.07) is 11.0. The van der Waals surface area contributed by atoms with Crippen LogP contribution in [0.1, 0.15) is 44.1 Å². The van der Waals surface area contributed by atoms with E-state index in [-0.39, 0.29) is 0 Å². The van der Waals surface area contributed by atoms with Crippen LogP contribution >= 0.6 is 0 Å². The van der Waals surface area contributed by atoms with Crippen LogP contribution in [0.2, 0.25) is 0 Å². The number of piperidine rings is 1. The highest BCUT2D eigenvalue weighted by atomic mass is 15.2. The van der Waals surface area contributed by atoms with Gasteiger partial charge in [0.15, 0.2) is 0 Å². The molecule has 2 fully saturated rings. The van der Waals surface area contributed by atoms with Crippen molar-refractivity contribution in [2.45, 2.75) is 50.6 Å². The molecule has 3 rings (SSSR count). The summed E-state index contributed by atoms with van der Waals surface area (Å²) in [4.78, 5) is 2.80. The van der Waals surface area contributed by atoms with E-state index in [4.69, 9.17) is 0 Å². The lowest BCUT2D eigenvalue weighted by atomic mass is 9.82. The average Bonchev–Trinajstić information content (AvgIpc) is 2.65. The molecule has 0 atom stereocenters. The minimum atomic E-state index is 0.484. The van der Waals surface area contributed by atoms with Crippen LogP contribution in [0, 0.1) is 0 Å². The second-order valence-electron chi connectivity index (χ2n) is 6.19. The number of hydrogen-bond donors (Lipinski definition) is 1. The van der Waals surface area contributed by atoms with Gasteiger partial charge in [0.1, 0.15) is 0 Å². The van der Waals surface area contributed by atoms with Crippen molar-refractivity contribution in [2.24, 2.45) is 0 Å². The monoisotopic (exact) mass is 258 g/mol. The van der Waals surface area contributed by atoms with Gasteiger partial charge in [-0.25, -0.2) is 0 Å². The molecule has 2 heterocycles. The van der Waals surface area contributed by atoms with Crippen molar-refractivity contribution in [3.8, 4) is 0 Å². The molecule has 0 radical (unpaired) electrons. The summed E-state index contributed by atoms with van der Waals surface area (Å²) in [6.07, 6.45) is 8.29. The molecule has 2 saturated heterocycles. The Balaban J connectivity index is 1.78. The molecule has 2 aliphatic heterocycles. The fourth-order valence-corrected chi connectivity index (χ4v) is 3.84. The van der Waals surface area contributed by atoms with Crippen LogP contribution in [0.5, 0.6) is 0 Å². The molecule has 1 spiro atoms. The summed E-state index contributed by atoms with van der Waals surface area (Å²) in [5.41, 5.74) is 1.96. The van der Waals surface area contributed by atoms with Gasteiger partial charge in [-0.1, -0.05) is 43.2 Å². The molecule has 19 heavy (non-hydrogen) atoms. The minimum Gasteiger partial charge on any atom is -0.317 e. The lowest BCUT2D eigenvalue weighted by Crippen LogP contribution is -2.53. The molecule has 2 heteroatoms. The molecule has 1 aromatic carbocycles. The first-order valence-corrected chi connectivity index (χ1v) is 7.89. The molecule has 2 nitrogen and oxygen atoms in total. The predicted molar refractivity (Wildman–Crippen MR) is 80.2 cm³/mol. The van der Waals surface area contributed by atoms with Gasteiger partial charge in [-0.05, 0) is 50.9 Å². The number of benzene rings is 1. The summed E-state index contributed by atoms with van der Waals surface area (Å²) < 4.78 is 0. The molecule has 0 bridgehead atoms. The van der Waals surface area contributed by atoms with Crippen molar-refractivity contribution in [2.75, 3.05) is 19.6 Å². The molecule has 1 N–H and O–H groups in total. The molecule has 0 saturated carbocycles. The van der Waals surface area contributed by atoms with Crippen LogP contribution < -0.4 is 5.32 Å². The predicted octanol–water partition coefficient (Wildman–Crippen LogP) is 3.18. The Morgan fingerprint density at radius 2 is 1.74 bits per heavy atom. The zero-order valence-corrected chi connectivity index (χ0v) is 11.9. The summed E-state index contributed by atoms with van der Waals surface area (Å²) in [5.74, 6) is 0. The summed E-state index contributed by atoms with van der Waals surface area (Å²) in [7, 11) is 0. The first-order valence-electron chi connectivity index (χ1n) is 7.89. The van der Waals surface area contributed by atoms with Crippen LogP contribution in [0.25, 0.3) is 0 Å². The zero-order valence-electron chi connectivity index (χ0n) is 11.9. The molecular formula is C17H26N2. The first kappa shape index (κ1) is 13.1. The Labute approximate surface area is 117 Å². The van der Waals surface area contributed by atoms with Crippen molar-refractivity contribution >= 4 is 0 Å². The van der Waals surface area contributed by atoms with Gasteiger partial charge in [0.2, 0.25) is 0 Å². The SMILES string of the molecule is c1ccc(CN2CCCCCC23CCNCC3)cc1. The highest BCUT2D eigenvalue weighted by Crippen LogP contribution is 2.35. The van der Waals surface area contributed by atoms with E-state index in [1.807, 2.05) is 0 Å². The maximum Gasteiger partial charge on any atom is 0.0239 e. The average molecular weight is 258 g/mol. The lowest BCUT2D eigenvalue weighted by Gasteiger charge is -2.46. The zero-order chi connectivity index (χ0) is 13.0. The van der Waals surface area contributed by atoms with Gasteiger partial charge in [-0.15, -0.1) is 0 Å². The van der Waals surface area contributed by atoms with Crippen molar-refractivity contribution in [1.82, 2.24) is 10.2 Å². The largest absolute Gasteiger partial charge is 0.317 e. The third kappa shape index (κ3) is 3.01. The quantitative estimate of drug-likeness (QED) is 0.876. The van der Waals surface area contributed by atoms with E-state index in [0.29, 0.717) is 5.54 Å². The molecule has 0 amide bonds. The van der Waals surface area contributed by atoms with Gasteiger partial charge in [-0.2, -0.15) is 0 Å². The highest BCUT2D eigenvalue weighted by molar-refractivity contribution is 5.15. The van der Waals surface area contributed by atoms with Gasteiger partial charge < -0.3 is 5.32 Å². The fourth-order valence-electron chi connectivity index (χ4n) is 3.84. The first-order chi connectivity index (χ1) is 9.39. The molecule has 0 unspecified atom stereocenters. The Bertz CT molecular complexity index is 382. The second kappa shape index (κ2) is 6.06. The third-order valence-electron chi connectivity index (χ3n) is 4.99. The summed E-state index contributed by atoms with van der Waals surface area (Å²) >= 11 is 0. The van der Waals surface area contributed by atoms with E-state index in [0.717, 1.165) is 6.54 Å². The summed E-state index contributed by atoms with van der Waals surface area (Å²) in [5, 5.41) is 3.53. The molecule has 0 aromatic heterocycles. The number of hydrogen-bond acceptors (Lipinski definition) is 2. The van der Waals surface area contributed by atoms with E-state index >= 15 is 0 Å².